The highest BCUT2D eigenvalue weighted by Crippen LogP contribution is 2.14. The van der Waals surface area contributed by atoms with E-state index in [1.165, 1.54) is 47.6 Å². The first-order valence-corrected chi connectivity index (χ1v) is 19.7. The molecule has 54 heavy (non-hydrogen) atoms. The molecule has 0 bridgehead atoms. The Morgan fingerprint density at radius 2 is 0.704 bits per heavy atom. The van der Waals surface area contributed by atoms with Gasteiger partial charge in [0.05, 0.1) is 12.5 Å². The van der Waals surface area contributed by atoms with Gasteiger partial charge in [-0.15, -0.1) is 0 Å². The van der Waals surface area contributed by atoms with Gasteiger partial charge < -0.3 is 10.6 Å². The Kier molecular flexibility index (Phi) is 18.3. The molecule has 0 fully saturated rings. The molecule has 16 heteroatoms. The third kappa shape index (κ3) is 20.1. The first-order valence-electron chi connectivity index (χ1n) is 15.9. The van der Waals surface area contributed by atoms with Gasteiger partial charge in [0.2, 0.25) is 31.9 Å². The van der Waals surface area contributed by atoms with E-state index in [-0.39, 0.29) is 34.9 Å². The number of carbonyl (C=O) groups excluding carboxylic acids is 6. The zero-order valence-corrected chi connectivity index (χ0v) is 32.8. The number of sulfonamides is 2. The quantitative estimate of drug-likeness (QED) is 0.133. The Morgan fingerprint density at radius 3 is 1.06 bits per heavy atom. The monoisotopic (exact) mass is 780 g/mol. The van der Waals surface area contributed by atoms with E-state index in [4.69, 9.17) is 0 Å². The van der Waals surface area contributed by atoms with Crippen molar-refractivity contribution in [2.24, 2.45) is 0 Å². The van der Waals surface area contributed by atoms with Crippen LogP contribution in [-0.2, 0) is 29.6 Å². The van der Waals surface area contributed by atoms with Gasteiger partial charge in [0.1, 0.15) is 0 Å². The van der Waals surface area contributed by atoms with Crippen molar-refractivity contribution in [1.82, 2.24) is 0 Å². The van der Waals surface area contributed by atoms with E-state index in [0.717, 1.165) is 12.5 Å². The summed E-state index contributed by atoms with van der Waals surface area (Å²) in [6.45, 7) is 8.76. The lowest BCUT2D eigenvalue weighted by Gasteiger charge is -2.04. The lowest BCUT2D eigenvalue weighted by atomic mass is 10.1. The summed E-state index contributed by atoms with van der Waals surface area (Å²) in [6, 6.07) is 26.3. The predicted molar refractivity (Wildman–Crippen MR) is 211 cm³/mol. The predicted octanol–water partition coefficient (Wildman–Crippen LogP) is 6.22. The summed E-state index contributed by atoms with van der Waals surface area (Å²) < 4.78 is 48.1. The number of carbonyl (C=O) groups is 6. The van der Waals surface area contributed by atoms with Gasteiger partial charge in [-0.05, 0) is 100 Å². The number of nitrogens with one attached hydrogen (secondary N) is 4. The molecule has 0 atom stereocenters. The number of amides is 2. The molecule has 0 heterocycles. The summed E-state index contributed by atoms with van der Waals surface area (Å²) in [5, 5.41) is 5.23. The molecule has 0 radical (unpaired) electrons. The van der Waals surface area contributed by atoms with Crippen molar-refractivity contribution < 1.29 is 45.6 Å². The van der Waals surface area contributed by atoms with Gasteiger partial charge in [-0.2, -0.15) is 0 Å². The van der Waals surface area contributed by atoms with Crippen LogP contribution in [0.5, 0.6) is 0 Å². The van der Waals surface area contributed by atoms with Crippen molar-refractivity contribution in [3.05, 3.63) is 119 Å². The van der Waals surface area contributed by atoms with E-state index in [1.54, 1.807) is 91.0 Å². The number of anilines is 4. The number of hydrogen-bond donors (Lipinski definition) is 4. The number of Topliss-reactive ketones (excluding diaryl/α,β-unsaturated/α-hetero) is 4. The van der Waals surface area contributed by atoms with Gasteiger partial charge in [0.15, 0.2) is 23.1 Å². The molecule has 0 saturated carbocycles. The first kappa shape index (κ1) is 46.0. The SMILES string of the molecule is CC(=O)Nc1ccc(C(C)=O)cc1.CC(=O)Nc1cccc(C(C)=O)c1.CC(=O)c1ccc(NS(C)(=O)=O)cc1.CC(=O)c1cccc(NS(C)(=O)=O)c1. The second-order valence-corrected chi connectivity index (χ2v) is 15.1. The Balaban J connectivity index is 0.000000360. The van der Waals surface area contributed by atoms with Crippen LogP contribution in [-0.4, -0.2) is 64.3 Å². The average Bonchev–Trinajstić information content (AvgIpc) is 3.04. The van der Waals surface area contributed by atoms with Crippen molar-refractivity contribution in [3.63, 3.8) is 0 Å². The van der Waals surface area contributed by atoms with Crippen LogP contribution in [0.15, 0.2) is 97.1 Å². The lowest BCUT2D eigenvalue weighted by Crippen LogP contribution is -2.09. The van der Waals surface area contributed by atoms with E-state index in [0.29, 0.717) is 45.0 Å². The molecule has 0 aliphatic rings. The largest absolute Gasteiger partial charge is 0.326 e. The molecule has 4 rings (SSSR count). The lowest BCUT2D eigenvalue weighted by molar-refractivity contribution is -0.115. The third-order valence-corrected chi connectivity index (χ3v) is 7.58. The van der Waals surface area contributed by atoms with Crippen LogP contribution < -0.4 is 20.1 Å². The van der Waals surface area contributed by atoms with Crippen LogP contribution in [0.25, 0.3) is 0 Å². The summed E-state index contributed by atoms with van der Waals surface area (Å²) in [5.41, 5.74) is 4.51. The molecule has 0 spiro atoms. The molecule has 4 N–H and O–H groups in total. The Hall–Kier alpha value is -6.00. The van der Waals surface area contributed by atoms with Gasteiger partial charge in [-0.3, -0.25) is 38.2 Å². The maximum Gasteiger partial charge on any atom is 0.229 e. The van der Waals surface area contributed by atoms with Crippen LogP contribution >= 0.6 is 0 Å². The molecule has 0 aliphatic heterocycles. The summed E-state index contributed by atoms with van der Waals surface area (Å²) in [6.07, 6.45) is 2.14. The number of rotatable bonds is 10. The molecular formula is C38H44N4O10S2. The maximum absolute atomic E-state index is 11.0. The highest BCUT2D eigenvalue weighted by atomic mass is 32.2. The average molecular weight is 781 g/mol. The van der Waals surface area contributed by atoms with Gasteiger partial charge in [0, 0.05) is 58.9 Å². The van der Waals surface area contributed by atoms with Gasteiger partial charge in [-0.1, -0.05) is 24.3 Å². The van der Waals surface area contributed by atoms with E-state index >= 15 is 0 Å². The van der Waals surface area contributed by atoms with E-state index < -0.39 is 20.0 Å². The topological polar surface area (TPSA) is 219 Å². The van der Waals surface area contributed by atoms with E-state index in [2.05, 4.69) is 20.1 Å². The molecule has 4 aromatic rings. The van der Waals surface area contributed by atoms with Gasteiger partial charge >= 0.3 is 0 Å². The van der Waals surface area contributed by atoms with Crippen LogP contribution in [0.4, 0.5) is 22.7 Å². The van der Waals surface area contributed by atoms with E-state index in [1.807, 2.05) is 0 Å². The highest BCUT2D eigenvalue weighted by Gasteiger charge is 2.05. The van der Waals surface area contributed by atoms with Crippen molar-refractivity contribution in [2.75, 3.05) is 32.6 Å². The van der Waals surface area contributed by atoms with Gasteiger partial charge in [-0.25, -0.2) is 16.8 Å². The second kappa shape index (κ2) is 21.5. The fourth-order valence-corrected chi connectivity index (χ4v) is 5.13. The summed E-state index contributed by atoms with van der Waals surface area (Å²) in [4.78, 5) is 65.1. The minimum atomic E-state index is -3.28. The minimum Gasteiger partial charge on any atom is -0.326 e. The fraction of sp³-hybridized carbons (Fsp3) is 0.211. The molecule has 2 amide bonds. The molecule has 0 aromatic heterocycles. The van der Waals surface area contributed by atoms with Crippen molar-refractivity contribution >= 4 is 77.7 Å². The van der Waals surface area contributed by atoms with Crippen molar-refractivity contribution in [1.29, 1.82) is 0 Å². The molecule has 288 valence electrons. The van der Waals surface area contributed by atoms with Crippen LogP contribution in [0.2, 0.25) is 0 Å². The maximum atomic E-state index is 11.0. The molecule has 14 nitrogen and oxygen atoms in total. The third-order valence-electron chi connectivity index (χ3n) is 6.37. The number of hydrogen-bond acceptors (Lipinski definition) is 10. The molecule has 4 aromatic carbocycles. The first-order chi connectivity index (χ1) is 25.0. The molecular weight excluding hydrogens is 737 g/mol. The van der Waals surface area contributed by atoms with Crippen molar-refractivity contribution in [2.45, 2.75) is 41.5 Å². The Morgan fingerprint density at radius 1 is 0.389 bits per heavy atom. The molecule has 0 unspecified atom stereocenters. The van der Waals surface area contributed by atoms with Crippen LogP contribution in [0, 0.1) is 0 Å². The normalized spacial score (nSPS) is 10.2. The zero-order chi connectivity index (χ0) is 41.2. The summed E-state index contributed by atoms with van der Waals surface area (Å²) >= 11 is 0. The van der Waals surface area contributed by atoms with Crippen LogP contribution in [0.1, 0.15) is 83.0 Å². The Bertz CT molecular complexity index is 2180. The standard InChI is InChI=1S/2C10H11NO2.2C9H11NO3S/c1-7(12)9-3-5-10(6-4-9)11-8(2)13;1-7(12)9-4-3-5-10(6-9)11-8(2)13;1-7(11)8-3-5-9(6-4-8)10-14(2,12)13;1-7(11)8-4-3-5-9(6-8)10-14(2,12)13/h2*3-6H,1-2H3,(H,11,13);2*3-6,10H,1-2H3. The van der Waals surface area contributed by atoms with Crippen LogP contribution in [0.3, 0.4) is 0 Å². The summed E-state index contributed by atoms with van der Waals surface area (Å²) in [5.74, 6) is -0.379. The smallest absolute Gasteiger partial charge is 0.229 e. The molecule has 0 saturated heterocycles. The molecule has 0 aliphatic carbocycles. The number of benzene rings is 4. The fourth-order valence-electron chi connectivity index (χ4n) is 4.01. The van der Waals surface area contributed by atoms with E-state index in [9.17, 15) is 45.6 Å². The second-order valence-electron chi connectivity index (χ2n) is 11.7. The summed E-state index contributed by atoms with van der Waals surface area (Å²) in [7, 11) is -6.53. The van der Waals surface area contributed by atoms with Gasteiger partial charge in [0.25, 0.3) is 0 Å². The minimum absolute atomic E-state index is 0.00722. The highest BCUT2D eigenvalue weighted by molar-refractivity contribution is 7.92. The number of ketones is 4. The Labute approximate surface area is 315 Å². The van der Waals surface area contributed by atoms with Crippen molar-refractivity contribution in [3.8, 4) is 0 Å². The zero-order valence-electron chi connectivity index (χ0n) is 31.1.